The molecule has 3 aliphatic rings. The van der Waals surface area contributed by atoms with Gasteiger partial charge in [0.25, 0.3) is 0 Å². The van der Waals surface area contributed by atoms with E-state index < -0.39 is 49.9 Å². The van der Waals surface area contributed by atoms with Gasteiger partial charge in [0.2, 0.25) is 0 Å². The molecule has 2 heterocycles. The Morgan fingerprint density at radius 3 is 2.23 bits per heavy atom. The van der Waals surface area contributed by atoms with Crippen molar-refractivity contribution < 1.29 is 37.6 Å². The van der Waals surface area contributed by atoms with Gasteiger partial charge in [-0.3, -0.25) is 4.79 Å². The Labute approximate surface area is 180 Å². The Morgan fingerprint density at radius 2 is 1.73 bits per heavy atom. The third kappa shape index (κ3) is 4.15. The third-order valence-electron chi connectivity index (χ3n) is 6.55. The predicted molar refractivity (Wildman–Crippen MR) is 111 cm³/mol. The molecule has 2 aliphatic heterocycles. The summed E-state index contributed by atoms with van der Waals surface area (Å²) >= 11 is 0. The van der Waals surface area contributed by atoms with Crippen molar-refractivity contribution in [2.75, 3.05) is 20.5 Å². The summed E-state index contributed by atoms with van der Waals surface area (Å²) in [4.78, 5) is 13.8. The number of hydrogen-bond donors (Lipinski definition) is 0. The van der Waals surface area contributed by atoms with Gasteiger partial charge < -0.3 is 32.8 Å². The molecule has 9 heteroatoms. The van der Waals surface area contributed by atoms with Crippen LogP contribution in [-0.2, 0) is 37.6 Å². The zero-order valence-corrected chi connectivity index (χ0v) is 21.0. The Balaban J connectivity index is 2.04. The van der Waals surface area contributed by atoms with Crippen molar-refractivity contribution in [3.8, 4) is 0 Å². The molecule has 3 fully saturated rings. The molecule has 1 spiro atoms. The molecular formula is C21H38O8Si. The lowest BCUT2D eigenvalue weighted by molar-refractivity contribution is -0.252. The fourth-order valence-corrected chi connectivity index (χ4v) is 5.38. The fourth-order valence-electron chi connectivity index (χ4n) is 4.14. The van der Waals surface area contributed by atoms with Crippen LogP contribution in [0.25, 0.3) is 0 Å². The molecule has 0 amide bonds. The van der Waals surface area contributed by atoms with Crippen molar-refractivity contribution >= 4 is 14.1 Å². The van der Waals surface area contributed by atoms with E-state index in [0.717, 1.165) is 0 Å². The molecule has 8 nitrogen and oxygen atoms in total. The van der Waals surface area contributed by atoms with E-state index in [-0.39, 0.29) is 24.2 Å². The maximum Gasteiger partial charge on any atom is 0.195 e. The lowest BCUT2D eigenvalue weighted by atomic mass is 9.76. The van der Waals surface area contributed by atoms with Gasteiger partial charge in [0.05, 0.1) is 6.61 Å². The van der Waals surface area contributed by atoms with Crippen LogP contribution in [0.4, 0.5) is 0 Å². The number of fused-ring (bicyclic) bond motifs is 2. The maximum atomic E-state index is 13.8. The topological polar surface area (TPSA) is 81.7 Å². The Bertz CT molecular complexity index is 670. The first-order valence-electron chi connectivity index (χ1n) is 10.6. The van der Waals surface area contributed by atoms with E-state index in [4.69, 9.17) is 32.8 Å². The monoisotopic (exact) mass is 446 g/mol. The summed E-state index contributed by atoms with van der Waals surface area (Å²) < 4.78 is 42.4. The second kappa shape index (κ2) is 7.59. The molecule has 174 valence electrons. The summed E-state index contributed by atoms with van der Waals surface area (Å²) in [6.45, 7) is 18.0. The van der Waals surface area contributed by atoms with Crippen LogP contribution < -0.4 is 0 Å². The van der Waals surface area contributed by atoms with Crippen LogP contribution in [-0.4, -0.2) is 76.2 Å². The van der Waals surface area contributed by atoms with Crippen LogP contribution in [0.1, 0.15) is 48.5 Å². The average molecular weight is 447 g/mol. The zero-order valence-electron chi connectivity index (χ0n) is 20.0. The van der Waals surface area contributed by atoms with Crippen LogP contribution in [0.3, 0.4) is 0 Å². The van der Waals surface area contributed by atoms with Crippen LogP contribution in [0.5, 0.6) is 0 Å². The van der Waals surface area contributed by atoms with Gasteiger partial charge in [-0.1, -0.05) is 20.8 Å². The van der Waals surface area contributed by atoms with E-state index >= 15 is 0 Å². The summed E-state index contributed by atoms with van der Waals surface area (Å²) in [5, 5.41) is -0.0786. The summed E-state index contributed by atoms with van der Waals surface area (Å²) in [6.07, 6.45) is -3.00. The number of rotatable bonds is 5. The SMILES string of the molecule is COCO[C@@H]1C(=O)[C@H](O[Si](C)(C)C(C)(C)C)[C@@H]2OC(C)(C)O[C@@H]2[C@@]12COC(C)(C)O2. The molecule has 2 saturated heterocycles. The van der Waals surface area contributed by atoms with Crippen molar-refractivity contribution in [2.24, 2.45) is 0 Å². The summed E-state index contributed by atoms with van der Waals surface area (Å²) in [5.74, 6) is -2.01. The van der Waals surface area contributed by atoms with Crippen molar-refractivity contribution in [1.29, 1.82) is 0 Å². The predicted octanol–water partition coefficient (Wildman–Crippen LogP) is 2.99. The molecule has 0 aromatic rings. The summed E-state index contributed by atoms with van der Waals surface area (Å²) in [6, 6.07) is 0. The summed E-state index contributed by atoms with van der Waals surface area (Å²) in [5.41, 5.74) is -1.15. The molecular weight excluding hydrogens is 408 g/mol. The van der Waals surface area contributed by atoms with Crippen molar-refractivity contribution in [1.82, 2.24) is 0 Å². The van der Waals surface area contributed by atoms with Crippen molar-refractivity contribution in [3.63, 3.8) is 0 Å². The minimum atomic E-state index is -2.30. The molecule has 1 saturated carbocycles. The quantitative estimate of drug-likeness (QED) is 0.471. The number of carbonyl (C=O) groups excluding carboxylic acids is 1. The normalized spacial score (nSPS) is 38.3. The smallest absolute Gasteiger partial charge is 0.195 e. The highest BCUT2D eigenvalue weighted by atomic mass is 28.4. The molecule has 30 heavy (non-hydrogen) atoms. The van der Waals surface area contributed by atoms with Crippen LogP contribution >= 0.6 is 0 Å². The number of carbonyl (C=O) groups is 1. The van der Waals surface area contributed by atoms with E-state index in [2.05, 4.69) is 33.9 Å². The van der Waals surface area contributed by atoms with Gasteiger partial charge in [-0.05, 0) is 45.8 Å². The molecule has 0 unspecified atom stereocenters. The standard InChI is InChI=1S/C21H38O8Si/c1-18(2,3)30(9,10)28-14-13(22)16(24-12-23-8)21(11-25-19(4,5)29-21)17-15(14)26-20(6,7)27-17/h14-17H,11-12H2,1-10H3/t14-,15-,16+,17-,21+/m0/s1. The fraction of sp³-hybridized carbons (Fsp3) is 0.952. The van der Waals surface area contributed by atoms with Crippen LogP contribution in [0.15, 0.2) is 0 Å². The van der Waals surface area contributed by atoms with Crippen LogP contribution in [0.2, 0.25) is 18.1 Å². The van der Waals surface area contributed by atoms with Gasteiger partial charge >= 0.3 is 0 Å². The van der Waals surface area contributed by atoms with Gasteiger partial charge in [-0.25, -0.2) is 0 Å². The Kier molecular flexibility index (Phi) is 6.13. The van der Waals surface area contributed by atoms with Crippen molar-refractivity contribution in [3.05, 3.63) is 0 Å². The molecule has 0 aromatic carbocycles. The van der Waals surface area contributed by atoms with E-state index in [1.165, 1.54) is 7.11 Å². The number of hydrogen-bond acceptors (Lipinski definition) is 8. The number of ketones is 1. The Morgan fingerprint density at radius 1 is 1.10 bits per heavy atom. The number of methoxy groups -OCH3 is 1. The van der Waals surface area contributed by atoms with E-state index in [9.17, 15) is 4.79 Å². The highest BCUT2D eigenvalue weighted by molar-refractivity contribution is 6.74. The first-order chi connectivity index (χ1) is 13.6. The summed E-state index contributed by atoms with van der Waals surface area (Å²) in [7, 11) is -0.781. The van der Waals surface area contributed by atoms with E-state index in [0.29, 0.717) is 0 Å². The molecule has 0 aromatic heterocycles. The second-order valence-electron chi connectivity index (χ2n) is 10.9. The maximum absolute atomic E-state index is 13.8. The van der Waals surface area contributed by atoms with Gasteiger partial charge in [-0.15, -0.1) is 0 Å². The highest BCUT2D eigenvalue weighted by Gasteiger charge is 2.71. The minimum absolute atomic E-state index is 0.0591. The van der Waals surface area contributed by atoms with Gasteiger partial charge in [0.15, 0.2) is 37.4 Å². The molecule has 5 atom stereocenters. The third-order valence-corrected chi connectivity index (χ3v) is 11.0. The first-order valence-corrected chi connectivity index (χ1v) is 13.5. The first kappa shape index (κ1) is 24.3. The molecule has 0 bridgehead atoms. The van der Waals surface area contributed by atoms with Crippen LogP contribution in [0, 0.1) is 0 Å². The average Bonchev–Trinajstić information content (AvgIpc) is 3.08. The number of Topliss-reactive ketones (excluding diaryl/α,β-unsaturated/α-hetero) is 1. The lowest BCUT2D eigenvalue weighted by Crippen LogP contribution is -2.72. The molecule has 1 aliphatic carbocycles. The zero-order chi connectivity index (χ0) is 22.8. The lowest BCUT2D eigenvalue weighted by Gasteiger charge is -2.49. The van der Waals surface area contributed by atoms with Gasteiger partial charge in [0.1, 0.15) is 25.1 Å². The Hall–Kier alpha value is -0.393. The van der Waals surface area contributed by atoms with E-state index in [1.54, 1.807) is 0 Å². The number of ether oxygens (including phenoxy) is 6. The highest BCUT2D eigenvalue weighted by Crippen LogP contribution is 2.50. The molecule has 3 rings (SSSR count). The second-order valence-corrected chi connectivity index (χ2v) is 15.7. The molecule has 0 N–H and O–H groups in total. The molecule has 0 radical (unpaired) electrons. The van der Waals surface area contributed by atoms with Gasteiger partial charge in [-0.2, -0.15) is 0 Å². The minimum Gasteiger partial charge on any atom is -0.404 e. The van der Waals surface area contributed by atoms with Gasteiger partial charge in [0, 0.05) is 7.11 Å². The van der Waals surface area contributed by atoms with Crippen molar-refractivity contribution in [2.45, 2.75) is 108 Å². The largest absolute Gasteiger partial charge is 0.404 e. The van der Waals surface area contributed by atoms with E-state index in [1.807, 2.05) is 27.7 Å².